The van der Waals surface area contributed by atoms with Gasteiger partial charge in [0, 0.05) is 38.8 Å². The van der Waals surface area contributed by atoms with E-state index in [0.717, 1.165) is 51.9 Å². The third-order valence-corrected chi connectivity index (χ3v) is 5.64. The predicted molar refractivity (Wildman–Crippen MR) is 127 cm³/mol. The van der Waals surface area contributed by atoms with Crippen molar-refractivity contribution in [3.63, 3.8) is 0 Å². The molecule has 2 aliphatic heterocycles. The maximum Gasteiger partial charge on any atom is 0.194 e. The van der Waals surface area contributed by atoms with E-state index in [1.54, 1.807) is 0 Å². The quantitative estimate of drug-likeness (QED) is 0.402. The van der Waals surface area contributed by atoms with E-state index in [-0.39, 0.29) is 24.0 Å². The lowest BCUT2D eigenvalue weighted by Crippen LogP contribution is -2.46. The Morgan fingerprint density at radius 1 is 1.11 bits per heavy atom. The third kappa shape index (κ3) is 4.96. The Labute approximate surface area is 185 Å². The number of morpholine rings is 1. The van der Waals surface area contributed by atoms with E-state index in [0.29, 0.717) is 12.6 Å². The molecular weight excluding hydrogens is 463 g/mol. The van der Waals surface area contributed by atoms with E-state index in [4.69, 9.17) is 9.73 Å². The van der Waals surface area contributed by atoms with Crippen LogP contribution >= 0.6 is 24.0 Å². The van der Waals surface area contributed by atoms with Crippen molar-refractivity contribution < 1.29 is 4.74 Å². The van der Waals surface area contributed by atoms with Crippen molar-refractivity contribution in [2.75, 3.05) is 45.9 Å². The van der Waals surface area contributed by atoms with Gasteiger partial charge in [-0.2, -0.15) is 0 Å². The van der Waals surface area contributed by atoms with Gasteiger partial charge in [-0.3, -0.25) is 4.90 Å². The zero-order valence-corrected chi connectivity index (χ0v) is 19.0. The second-order valence-corrected chi connectivity index (χ2v) is 7.35. The Morgan fingerprint density at radius 2 is 1.89 bits per heavy atom. The van der Waals surface area contributed by atoms with Crippen molar-refractivity contribution in [3.05, 3.63) is 48.0 Å². The minimum Gasteiger partial charge on any atom is -0.379 e. The van der Waals surface area contributed by atoms with Crippen molar-refractivity contribution in [1.29, 1.82) is 0 Å². The molecule has 0 radical (unpaired) electrons. The van der Waals surface area contributed by atoms with Crippen molar-refractivity contribution >= 4 is 40.7 Å². The Bertz CT molecular complexity index is 786. The number of hydrogen-bond donors (Lipinski definition) is 1. The number of rotatable bonds is 4. The first kappa shape index (κ1) is 21.3. The van der Waals surface area contributed by atoms with Crippen LogP contribution in [0, 0.1) is 0 Å². The minimum absolute atomic E-state index is 0. The normalized spacial score (nSPS) is 21.0. The summed E-state index contributed by atoms with van der Waals surface area (Å²) < 4.78 is 5.50. The number of nitrogens with one attached hydrogen (secondary N) is 1. The number of likely N-dealkylation sites (tertiary alicyclic amines) is 1. The highest BCUT2D eigenvalue weighted by Gasteiger charge is 2.30. The second kappa shape index (κ2) is 10.4. The number of halogens is 1. The summed E-state index contributed by atoms with van der Waals surface area (Å²) in [7, 11) is 0. The summed E-state index contributed by atoms with van der Waals surface area (Å²) in [5.41, 5.74) is 1.28. The summed E-state index contributed by atoms with van der Waals surface area (Å²) in [5.74, 6) is 1.04. The molecule has 5 nitrogen and oxygen atoms in total. The van der Waals surface area contributed by atoms with Gasteiger partial charge in [0.25, 0.3) is 0 Å². The molecule has 1 atom stereocenters. The highest BCUT2D eigenvalue weighted by Crippen LogP contribution is 2.20. The van der Waals surface area contributed by atoms with Crippen molar-refractivity contribution in [3.8, 4) is 0 Å². The first-order chi connectivity index (χ1) is 13.3. The number of aliphatic imine (C=N–C) groups is 1. The van der Waals surface area contributed by atoms with Crippen LogP contribution in [-0.4, -0.2) is 67.7 Å². The van der Waals surface area contributed by atoms with Crippen LogP contribution in [0.2, 0.25) is 0 Å². The third-order valence-electron chi connectivity index (χ3n) is 5.64. The molecule has 0 aliphatic carbocycles. The Balaban J connectivity index is 0.00000225. The molecule has 2 aromatic carbocycles. The van der Waals surface area contributed by atoms with Crippen LogP contribution in [-0.2, 0) is 11.3 Å². The molecule has 2 fully saturated rings. The lowest BCUT2D eigenvalue weighted by molar-refractivity contribution is 0.0195. The van der Waals surface area contributed by atoms with Crippen LogP contribution in [0.4, 0.5) is 0 Å². The fourth-order valence-corrected chi connectivity index (χ4v) is 4.19. The Kier molecular flexibility index (Phi) is 7.93. The van der Waals surface area contributed by atoms with E-state index in [2.05, 4.69) is 64.5 Å². The second-order valence-electron chi connectivity index (χ2n) is 7.35. The van der Waals surface area contributed by atoms with E-state index in [9.17, 15) is 0 Å². The van der Waals surface area contributed by atoms with Gasteiger partial charge in [-0.15, -0.1) is 24.0 Å². The predicted octanol–water partition coefficient (Wildman–Crippen LogP) is 3.33. The number of fused-ring (bicyclic) bond motifs is 1. The van der Waals surface area contributed by atoms with Gasteiger partial charge in [-0.25, -0.2) is 4.99 Å². The molecule has 2 saturated heterocycles. The SMILES string of the molecule is CCNC(=NCc1cccc2ccccc12)N1CCC(N2CCOCC2)C1.I. The monoisotopic (exact) mass is 494 g/mol. The van der Waals surface area contributed by atoms with E-state index < -0.39 is 0 Å². The number of benzene rings is 2. The molecule has 2 aliphatic rings. The van der Waals surface area contributed by atoms with Gasteiger partial charge in [0.15, 0.2) is 5.96 Å². The lowest BCUT2D eigenvalue weighted by atomic mass is 10.1. The van der Waals surface area contributed by atoms with Crippen LogP contribution in [0.1, 0.15) is 18.9 Å². The molecular formula is C22H31IN4O. The molecule has 4 rings (SSSR count). The zero-order valence-electron chi connectivity index (χ0n) is 16.6. The van der Waals surface area contributed by atoms with Crippen LogP contribution in [0.25, 0.3) is 10.8 Å². The molecule has 0 bridgehead atoms. The summed E-state index contributed by atoms with van der Waals surface area (Å²) in [5, 5.41) is 6.08. The molecule has 6 heteroatoms. The Hall–Kier alpha value is -1.38. The van der Waals surface area contributed by atoms with Crippen LogP contribution in [0.3, 0.4) is 0 Å². The molecule has 0 amide bonds. The van der Waals surface area contributed by atoms with Crippen LogP contribution in [0.15, 0.2) is 47.5 Å². The number of hydrogen-bond acceptors (Lipinski definition) is 3. The molecule has 0 aromatic heterocycles. The van der Waals surface area contributed by atoms with Crippen molar-refractivity contribution in [1.82, 2.24) is 15.1 Å². The molecule has 152 valence electrons. The number of ether oxygens (including phenoxy) is 1. The van der Waals surface area contributed by atoms with Gasteiger partial charge in [-0.05, 0) is 29.7 Å². The van der Waals surface area contributed by atoms with Gasteiger partial charge in [-0.1, -0.05) is 42.5 Å². The van der Waals surface area contributed by atoms with Gasteiger partial charge >= 0.3 is 0 Å². The fraction of sp³-hybridized carbons (Fsp3) is 0.500. The number of nitrogens with zero attached hydrogens (tertiary/aromatic N) is 3. The maximum atomic E-state index is 5.50. The highest BCUT2D eigenvalue weighted by atomic mass is 127. The average Bonchev–Trinajstić information content (AvgIpc) is 3.22. The van der Waals surface area contributed by atoms with Crippen LogP contribution in [0.5, 0.6) is 0 Å². The van der Waals surface area contributed by atoms with E-state index >= 15 is 0 Å². The summed E-state index contributed by atoms with van der Waals surface area (Å²) in [6.45, 7) is 9.73. The summed E-state index contributed by atoms with van der Waals surface area (Å²) >= 11 is 0. The topological polar surface area (TPSA) is 40.1 Å². The number of guanidine groups is 1. The van der Waals surface area contributed by atoms with Crippen molar-refractivity contribution in [2.45, 2.75) is 25.9 Å². The molecule has 2 aromatic rings. The van der Waals surface area contributed by atoms with E-state index in [1.807, 2.05) is 0 Å². The lowest BCUT2D eigenvalue weighted by Gasteiger charge is -2.32. The summed E-state index contributed by atoms with van der Waals surface area (Å²) in [4.78, 5) is 9.99. The molecule has 1 N–H and O–H groups in total. The van der Waals surface area contributed by atoms with Crippen molar-refractivity contribution in [2.24, 2.45) is 4.99 Å². The van der Waals surface area contributed by atoms with E-state index in [1.165, 1.54) is 22.8 Å². The first-order valence-electron chi connectivity index (χ1n) is 10.2. The molecule has 0 saturated carbocycles. The average molecular weight is 494 g/mol. The largest absolute Gasteiger partial charge is 0.379 e. The Morgan fingerprint density at radius 3 is 2.71 bits per heavy atom. The van der Waals surface area contributed by atoms with Gasteiger partial charge in [0.2, 0.25) is 0 Å². The molecule has 28 heavy (non-hydrogen) atoms. The maximum absolute atomic E-state index is 5.50. The van der Waals surface area contributed by atoms with Gasteiger partial charge in [0.1, 0.15) is 0 Å². The molecule has 0 spiro atoms. The standard InChI is InChI=1S/C22H30N4O.HI/c1-2-23-22(26-11-10-20(17-26)25-12-14-27-15-13-25)24-16-19-8-5-7-18-6-3-4-9-21(18)19;/h3-9,20H,2,10-17H2,1H3,(H,23,24);1H. The molecule has 1 unspecified atom stereocenters. The smallest absolute Gasteiger partial charge is 0.194 e. The minimum atomic E-state index is 0. The fourth-order valence-electron chi connectivity index (χ4n) is 4.19. The zero-order chi connectivity index (χ0) is 18.5. The highest BCUT2D eigenvalue weighted by molar-refractivity contribution is 14.0. The summed E-state index contributed by atoms with van der Waals surface area (Å²) in [6, 6.07) is 15.7. The van der Waals surface area contributed by atoms with Crippen LogP contribution < -0.4 is 5.32 Å². The summed E-state index contributed by atoms with van der Waals surface area (Å²) in [6.07, 6.45) is 1.21. The molecule has 2 heterocycles. The first-order valence-corrected chi connectivity index (χ1v) is 10.2. The van der Waals surface area contributed by atoms with Gasteiger partial charge < -0.3 is 15.0 Å². The van der Waals surface area contributed by atoms with Gasteiger partial charge in [0.05, 0.1) is 19.8 Å².